The number of anilines is 1. The lowest BCUT2D eigenvalue weighted by Crippen LogP contribution is -2.49. The predicted molar refractivity (Wildman–Crippen MR) is 103 cm³/mol. The molecule has 0 unspecified atom stereocenters. The zero-order valence-electron chi connectivity index (χ0n) is 15.1. The molecule has 1 aliphatic rings. The lowest BCUT2D eigenvalue weighted by molar-refractivity contribution is -0.131. The van der Waals surface area contributed by atoms with Crippen LogP contribution in [0.5, 0.6) is 0 Å². The van der Waals surface area contributed by atoms with Crippen LogP contribution in [-0.2, 0) is 11.3 Å². The van der Waals surface area contributed by atoms with E-state index in [0.717, 1.165) is 38.4 Å². The van der Waals surface area contributed by atoms with Crippen LogP contribution in [-0.4, -0.2) is 48.4 Å². The third-order valence-corrected chi connectivity index (χ3v) is 4.84. The zero-order valence-corrected chi connectivity index (χ0v) is 15.1. The van der Waals surface area contributed by atoms with E-state index in [0.29, 0.717) is 5.56 Å². The summed E-state index contributed by atoms with van der Waals surface area (Å²) >= 11 is 0. The first kappa shape index (κ1) is 18.0. The van der Waals surface area contributed by atoms with Gasteiger partial charge in [-0.2, -0.15) is 5.26 Å². The van der Waals surface area contributed by atoms with Crippen molar-refractivity contribution in [3.05, 3.63) is 65.2 Å². The molecule has 1 fully saturated rings. The van der Waals surface area contributed by atoms with E-state index in [1.807, 2.05) is 17.0 Å². The van der Waals surface area contributed by atoms with E-state index in [1.165, 1.54) is 11.1 Å². The summed E-state index contributed by atoms with van der Waals surface area (Å²) in [6.07, 6.45) is 0. The molecule has 0 radical (unpaired) electrons. The molecular weight excluding hydrogens is 324 g/mol. The fourth-order valence-corrected chi connectivity index (χ4v) is 3.14. The maximum atomic E-state index is 12.4. The van der Waals surface area contributed by atoms with Crippen molar-refractivity contribution >= 4 is 11.6 Å². The van der Waals surface area contributed by atoms with E-state index in [4.69, 9.17) is 5.26 Å². The maximum Gasteiger partial charge on any atom is 0.241 e. The third-order valence-electron chi connectivity index (χ3n) is 4.84. The van der Waals surface area contributed by atoms with Crippen LogP contribution >= 0.6 is 0 Å². The van der Waals surface area contributed by atoms with Crippen LogP contribution in [0.15, 0.2) is 48.5 Å². The molecule has 5 nitrogen and oxygen atoms in total. The number of aryl methyl sites for hydroxylation is 1. The fraction of sp³-hybridized carbons (Fsp3) is 0.333. The highest BCUT2D eigenvalue weighted by Crippen LogP contribution is 2.13. The molecule has 0 bridgehead atoms. The number of hydrogen-bond donors (Lipinski definition) is 1. The summed E-state index contributed by atoms with van der Waals surface area (Å²) in [6.45, 7) is 6.69. The Balaban J connectivity index is 1.44. The lowest BCUT2D eigenvalue weighted by Gasteiger charge is -2.35. The summed E-state index contributed by atoms with van der Waals surface area (Å²) in [7, 11) is 0. The average Bonchev–Trinajstić information content (AvgIpc) is 2.69. The highest BCUT2D eigenvalue weighted by molar-refractivity contribution is 5.81. The monoisotopic (exact) mass is 348 g/mol. The minimum atomic E-state index is 0.116. The first-order valence-corrected chi connectivity index (χ1v) is 8.94. The summed E-state index contributed by atoms with van der Waals surface area (Å²) < 4.78 is 0. The minimum Gasteiger partial charge on any atom is -0.376 e. The molecule has 0 spiro atoms. The zero-order chi connectivity index (χ0) is 18.4. The van der Waals surface area contributed by atoms with Gasteiger partial charge in [-0.15, -0.1) is 0 Å². The number of rotatable bonds is 5. The second-order valence-corrected chi connectivity index (χ2v) is 6.63. The summed E-state index contributed by atoms with van der Waals surface area (Å²) in [5.74, 6) is 0.116. The van der Waals surface area contributed by atoms with Crippen LogP contribution in [0.25, 0.3) is 0 Å². The van der Waals surface area contributed by atoms with Crippen LogP contribution in [0.4, 0.5) is 5.69 Å². The number of amides is 1. The number of hydrogen-bond acceptors (Lipinski definition) is 4. The quantitative estimate of drug-likeness (QED) is 0.902. The van der Waals surface area contributed by atoms with Gasteiger partial charge in [0.15, 0.2) is 0 Å². The average molecular weight is 348 g/mol. The van der Waals surface area contributed by atoms with Crippen molar-refractivity contribution in [2.24, 2.45) is 0 Å². The van der Waals surface area contributed by atoms with Gasteiger partial charge in [-0.3, -0.25) is 9.69 Å². The van der Waals surface area contributed by atoms with Crippen molar-refractivity contribution in [3.8, 4) is 6.07 Å². The Bertz CT molecular complexity index is 786. The lowest BCUT2D eigenvalue weighted by atomic mass is 10.1. The van der Waals surface area contributed by atoms with Gasteiger partial charge in [-0.25, -0.2) is 0 Å². The first-order chi connectivity index (χ1) is 12.7. The van der Waals surface area contributed by atoms with Crippen molar-refractivity contribution in [2.75, 3.05) is 38.0 Å². The third kappa shape index (κ3) is 4.62. The largest absolute Gasteiger partial charge is 0.376 e. The van der Waals surface area contributed by atoms with Crippen LogP contribution in [0, 0.1) is 18.3 Å². The molecule has 1 amide bonds. The molecule has 1 aliphatic heterocycles. The van der Waals surface area contributed by atoms with Crippen LogP contribution in [0.3, 0.4) is 0 Å². The van der Waals surface area contributed by atoms with Gasteiger partial charge in [-0.1, -0.05) is 24.3 Å². The molecule has 2 aromatic carbocycles. The van der Waals surface area contributed by atoms with Crippen molar-refractivity contribution in [3.63, 3.8) is 0 Å². The maximum absolute atomic E-state index is 12.4. The van der Waals surface area contributed by atoms with Crippen molar-refractivity contribution in [1.82, 2.24) is 9.80 Å². The van der Waals surface area contributed by atoms with Gasteiger partial charge < -0.3 is 10.2 Å². The predicted octanol–water partition coefficient (Wildman–Crippen LogP) is 2.62. The molecule has 26 heavy (non-hydrogen) atoms. The van der Waals surface area contributed by atoms with Crippen molar-refractivity contribution in [2.45, 2.75) is 13.5 Å². The Hall–Kier alpha value is -2.84. The number of nitriles is 1. The summed E-state index contributed by atoms with van der Waals surface area (Å²) in [4.78, 5) is 16.7. The minimum absolute atomic E-state index is 0.116. The smallest absolute Gasteiger partial charge is 0.241 e. The Morgan fingerprint density at radius 2 is 1.77 bits per heavy atom. The molecule has 0 aliphatic carbocycles. The van der Waals surface area contributed by atoms with Crippen molar-refractivity contribution in [1.29, 1.82) is 5.26 Å². The van der Waals surface area contributed by atoms with Gasteiger partial charge in [0, 0.05) is 38.4 Å². The number of benzene rings is 2. The molecule has 1 saturated heterocycles. The van der Waals surface area contributed by atoms with Crippen molar-refractivity contribution < 1.29 is 4.79 Å². The first-order valence-electron chi connectivity index (χ1n) is 8.94. The van der Waals surface area contributed by atoms with Gasteiger partial charge >= 0.3 is 0 Å². The second kappa shape index (κ2) is 8.50. The van der Waals surface area contributed by atoms with Gasteiger partial charge in [-0.05, 0) is 42.3 Å². The van der Waals surface area contributed by atoms with E-state index in [2.05, 4.69) is 47.5 Å². The van der Waals surface area contributed by atoms with Crippen LogP contribution in [0.2, 0.25) is 0 Å². The Labute approximate surface area is 154 Å². The highest BCUT2D eigenvalue weighted by Gasteiger charge is 2.21. The highest BCUT2D eigenvalue weighted by atomic mass is 16.2. The van der Waals surface area contributed by atoms with Crippen LogP contribution in [0.1, 0.15) is 16.7 Å². The van der Waals surface area contributed by atoms with E-state index in [-0.39, 0.29) is 12.5 Å². The Morgan fingerprint density at radius 3 is 2.42 bits per heavy atom. The Morgan fingerprint density at radius 1 is 1.08 bits per heavy atom. The number of nitrogens with zero attached hydrogens (tertiary/aromatic N) is 3. The molecule has 0 saturated carbocycles. The SMILES string of the molecule is Cc1ccccc1CN1CCN(C(=O)CNc2ccc(C#N)cc2)CC1. The molecule has 134 valence electrons. The molecule has 3 rings (SSSR count). The Kier molecular flexibility index (Phi) is 5.88. The second-order valence-electron chi connectivity index (χ2n) is 6.63. The molecule has 2 aromatic rings. The van der Waals surface area contributed by atoms with Gasteiger partial charge in [0.2, 0.25) is 5.91 Å². The van der Waals surface area contributed by atoms with E-state index in [9.17, 15) is 4.79 Å². The summed E-state index contributed by atoms with van der Waals surface area (Å²) in [5.41, 5.74) is 4.15. The molecule has 5 heteroatoms. The number of carbonyl (C=O) groups is 1. The number of carbonyl (C=O) groups excluding carboxylic acids is 1. The van der Waals surface area contributed by atoms with E-state index < -0.39 is 0 Å². The van der Waals surface area contributed by atoms with E-state index >= 15 is 0 Å². The standard InChI is InChI=1S/C21H24N4O/c1-17-4-2-3-5-19(17)16-24-10-12-25(13-11-24)21(26)15-23-20-8-6-18(14-22)7-9-20/h2-9,23H,10-13,15-16H2,1H3. The molecule has 1 N–H and O–H groups in total. The molecule has 0 aromatic heterocycles. The number of nitrogens with one attached hydrogen (secondary N) is 1. The number of piperazine rings is 1. The van der Waals surface area contributed by atoms with Gasteiger partial charge in [0.05, 0.1) is 18.2 Å². The fourth-order valence-electron chi connectivity index (χ4n) is 3.14. The normalized spacial score (nSPS) is 14.7. The molecular formula is C21H24N4O. The van der Waals surface area contributed by atoms with E-state index in [1.54, 1.807) is 12.1 Å². The van der Waals surface area contributed by atoms with Gasteiger partial charge in [0.25, 0.3) is 0 Å². The van der Waals surface area contributed by atoms with Gasteiger partial charge in [0.1, 0.15) is 0 Å². The molecule has 1 heterocycles. The summed E-state index contributed by atoms with van der Waals surface area (Å²) in [6, 6.07) is 17.7. The molecule has 0 atom stereocenters. The topological polar surface area (TPSA) is 59.4 Å². The van der Waals surface area contributed by atoms with Crippen LogP contribution < -0.4 is 5.32 Å². The summed E-state index contributed by atoms with van der Waals surface area (Å²) in [5, 5.41) is 11.9.